The molecule has 0 saturated heterocycles. The summed E-state index contributed by atoms with van der Waals surface area (Å²) < 4.78 is 8.54. The molecule has 1 atom stereocenters. The minimum Gasteiger partial charge on any atom is -0.492 e. The van der Waals surface area contributed by atoms with E-state index >= 15 is 0 Å². The van der Waals surface area contributed by atoms with Crippen LogP contribution in [-0.2, 0) is 6.54 Å². The summed E-state index contributed by atoms with van der Waals surface area (Å²) in [4.78, 5) is 0. The van der Waals surface area contributed by atoms with Crippen LogP contribution >= 0.6 is 27.5 Å². The van der Waals surface area contributed by atoms with Crippen molar-refractivity contribution in [1.29, 1.82) is 0 Å². The summed E-state index contributed by atoms with van der Waals surface area (Å²) in [5.74, 6) is 0.852. The summed E-state index contributed by atoms with van der Waals surface area (Å²) in [7, 11) is 0. The highest BCUT2D eigenvalue weighted by atomic mass is 79.9. The molecule has 0 radical (unpaired) electrons. The highest BCUT2D eigenvalue weighted by molar-refractivity contribution is 9.10. The maximum atomic E-state index is 6.16. The maximum Gasteiger partial charge on any atom is 0.120 e. The molecule has 1 aromatic carbocycles. The third kappa shape index (κ3) is 4.25. The lowest BCUT2D eigenvalue weighted by Crippen LogP contribution is -2.08. The van der Waals surface area contributed by atoms with Gasteiger partial charge in [-0.05, 0) is 24.6 Å². The first-order valence-corrected chi connectivity index (χ1v) is 7.46. The number of aromatic nitrogens is 2. The molecule has 1 aromatic heterocycles. The summed E-state index contributed by atoms with van der Waals surface area (Å²) in [6, 6.07) is 7.80. The molecule has 0 aliphatic heterocycles. The van der Waals surface area contributed by atoms with E-state index in [1.807, 2.05) is 41.3 Å². The van der Waals surface area contributed by atoms with E-state index in [2.05, 4.69) is 28.0 Å². The highest BCUT2D eigenvalue weighted by Gasteiger charge is 2.07. The second-order valence-electron chi connectivity index (χ2n) is 4.22. The molecule has 19 heavy (non-hydrogen) atoms. The summed E-state index contributed by atoms with van der Waals surface area (Å²) in [6.07, 6.45) is 4.70. The molecule has 0 aliphatic carbocycles. The number of hydrogen-bond donors (Lipinski definition) is 0. The summed E-state index contributed by atoms with van der Waals surface area (Å²) in [5.41, 5.74) is 1.06. The zero-order valence-electron chi connectivity index (χ0n) is 10.7. The summed E-state index contributed by atoms with van der Waals surface area (Å²) in [5, 5.41) is 4.32. The van der Waals surface area contributed by atoms with Gasteiger partial charge >= 0.3 is 0 Å². The second-order valence-corrected chi connectivity index (χ2v) is 5.66. The van der Waals surface area contributed by atoms with Crippen LogP contribution in [0, 0.1) is 0 Å². The van der Waals surface area contributed by atoms with Crippen molar-refractivity contribution in [3.63, 3.8) is 0 Å². The van der Waals surface area contributed by atoms with Crippen LogP contribution in [0.3, 0.4) is 0 Å². The van der Waals surface area contributed by atoms with Gasteiger partial charge in [-0.2, -0.15) is 5.10 Å². The molecule has 0 aliphatic rings. The first-order chi connectivity index (χ1) is 9.19. The van der Waals surface area contributed by atoms with Crippen LogP contribution in [0.5, 0.6) is 5.75 Å². The van der Waals surface area contributed by atoms with Gasteiger partial charge in [0.25, 0.3) is 0 Å². The van der Waals surface area contributed by atoms with Gasteiger partial charge in [0.15, 0.2) is 0 Å². The van der Waals surface area contributed by atoms with E-state index in [1.165, 1.54) is 0 Å². The van der Waals surface area contributed by atoms with E-state index in [0.29, 0.717) is 13.2 Å². The minimum absolute atomic E-state index is 0.0414. The smallest absolute Gasteiger partial charge is 0.120 e. The molecule has 0 amide bonds. The van der Waals surface area contributed by atoms with Crippen LogP contribution in [0.15, 0.2) is 41.1 Å². The standard InChI is InChI=1S/C14H16BrClN2O/c1-2-14(16)11-9-17-18(10-11)6-7-19-13-5-3-4-12(15)8-13/h3-5,8-10,14H,2,6-7H2,1H3. The molecule has 5 heteroatoms. The number of rotatable bonds is 6. The number of ether oxygens (including phenoxy) is 1. The minimum atomic E-state index is 0.0414. The number of hydrogen-bond acceptors (Lipinski definition) is 2. The summed E-state index contributed by atoms with van der Waals surface area (Å²) in [6.45, 7) is 3.35. The average molecular weight is 344 g/mol. The SMILES string of the molecule is CCC(Cl)c1cnn(CCOc2cccc(Br)c2)c1. The Morgan fingerprint density at radius 2 is 2.32 bits per heavy atom. The first-order valence-electron chi connectivity index (χ1n) is 6.24. The van der Waals surface area contributed by atoms with Crippen molar-refractivity contribution in [3.05, 3.63) is 46.7 Å². The number of halogens is 2. The van der Waals surface area contributed by atoms with E-state index in [-0.39, 0.29) is 5.38 Å². The number of alkyl halides is 1. The number of nitrogens with zero attached hydrogens (tertiary/aromatic N) is 2. The van der Waals surface area contributed by atoms with Gasteiger partial charge < -0.3 is 4.74 Å². The van der Waals surface area contributed by atoms with Crippen LogP contribution in [0.4, 0.5) is 0 Å². The van der Waals surface area contributed by atoms with Gasteiger partial charge in [0.2, 0.25) is 0 Å². The monoisotopic (exact) mass is 342 g/mol. The van der Waals surface area contributed by atoms with Crippen molar-refractivity contribution >= 4 is 27.5 Å². The van der Waals surface area contributed by atoms with Crippen LogP contribution in [0.25, 0.3) is 0 Å². The van der Waals surface area contributed by atoms with Crippen molar-refractivity contribution < 1.29 is 4.74 Å². The van der Waals surface area contributed by atoms with Gasteiger partial charge in [-0.1, -0.05) is 28.9 Å². The van der Waals surface area contributed by atoms with E-state index in [0.717, 1.165) is 22.2 Å². The predicted molar refractivity (Wildman–Crippen MR) is 80.7 cm³/mol. The quantitative estimate of drug-likeness (QED) is 0.726. The lowest BCUT2D eigenvalue weighted by molar-refractivity contribution is 0.291. The van der Waals surface area contributed by atoms with Gasteiger partial charge in [0, 0.05) is 16.2 Å². The first kappa shape index (κ1) is 14.4. The van der Waals surface area contributed by atoms with Crippen molar-refractivity contribution in [2.24, 2.45) is 0 Å². The fourth-order valence-corrected chi connectivity index (χ4v) is 2.20. The largest absolute Gasteiger partial charge is 0.492 e. The Hall–Kier alpha value is -1.00. The lowest BCUT2D eigenvalue weighted by Gasteiger charge is -2.06. The Morgan fingerprint density at radius 3 is 3.05 bits per heavy atom. The molecule has 2 rings (SSSR count). The van der Waals surface area contributed by atoms with E-state index in [4.69, 9.17) is 16.3 Å². The molecule has 0 fully saturated rings. The molecule has 2 aromatic rings. The normalized spacial score (nSPS) is 12.4. The maximum absolute atomic E-state index is 6.16. The molecule has 1 unspecified atom stereocenters. The zero-order valence-corrected chi connectivity index (χ0v) is 13.1. The van der Waals surface area contributed by atoms with Crippen molar-refractivity contribution in [2.75, 3.05) is 6.61 Å². The van der Waals surface area contributed by atoms with Gasteiger partial charge in [0.1, 0.15) is 12.4 Å². The van der Waals surface area contributed by atoms with Crippen LogP contribution < -0.4 is 4.74 Å². The molecule has 0 saturated carbocycles. The Bertz CT molecular complexity index is 530. The van der Waals surface area contributed by atoms with Gasteiger partial charge in [-0.15, -0.1) is 11.6 Å². The topological polar surface area (TPSA) is 27.1 Å². The molecule has 102 valence electrons. The van der Waals surface area contributed by atoms with Crippen LogP contribution in [0.2, 0.25) is 0 Å². The zero-order chi connectivity index (χ0) is 13.7. The van der Waals surface area contributed by atoms with Crippen LogP contribution in [0.1, 0.15) is 24.3 Å². The predicted octanol–water partition coefficient (Wildman–Crippen LogP) is 4.41. The van der Waals surface area contributed by atoms with Crippen LogP contribution in [-0.4, -0.2) is 16.4 Å². The Kier molecular flexibility index (Phi) is 5.28. The van der Waals surface area contributed by atoms with Gasteiger partial charge in [-0.3, -0.25) is 4.68 Å². The Labute approximate surface area is 126 Å². The fraction of sp³-hybridized carbons (Fsp3) is 0.357. The molecule has 0 bridgehead atoms. The lowest BCUT2D eigenvalue weighted by atomic mass is 10.2. The average Bonchev–Trinajstić information content (AvgIpc) is 2.87. The van der Waals surface area contributed by atoms with Gasteiger partial charge in [-0.25, -0.2) is 0 Å². The molecule has 3 nitrogen and oxygen atoms in total. The third-order valence-electron chi connectivity index (χ3n) is 2.76. The summed E-state index contributed by atoms with van der Waals surface area (Å²) >= 11 is 9.58. The van der Waals surface area contributed by atoms with Crippen molar-refractivity contribution in [1.82, 2.24) is 9.78 Å². The van der Waals surface area contributed by atoms with E-state index in [9.17, 15) is 0 Å². The third-order valence-corrected chi connectivity index (χ3v) is 3.81. The molecule has 0 spiro atoms. The highest BCUT2D eigenvalue weighted by Crippen LogP contribution is 2.22. The second kappa shape index (κ2) is 6.96. The van der Waals surface area contributed by atoms with Crippen molar-refractivity contribution in [2.45, 2.75) is 25.3 Å². The van der Waals surface area contributed by atoms with E-state index < -0.39 is 0 Å². The van der Waals surface area contributed by atoms with Crippen molar-refractivity contribution in [3.8, 4) is 5.75 Å². The Balaban J connectivity index is 1.84. The number of benzene rings is 1. The van der Waals surface area contributed by atoms with E-state index in [1.54, 1.807) is 0 Å². The molecular formula is C14H16BrClN2O. The fourth-order valence-electron chi connectivity index (χ4n) is 1.71. The molecular weight excluding hydrogens is 328 g/mol. The molecule has 1 heterocycles. The molecule has 0 N–H and O–H groups in total. The van der Waals surface area contributed by atoms with Gasteiger partial charge in [0.05, 0.1) is 18.1 Å². The Morgan fingerprint density at radius 1 is 1.47 bits per heavy atom.